The summed E-state index contributed by atoms with van der Waals surface area (Å²) in [6, 6.07) is 8.86. The molecular formula is C17H26ClNS. The van der Waals surface area contributed by atoms with Gasteiger partial charge in [0.25, 0.3) is 0 Å². The highest BCUT2D eigenvalue weighted by molar-refractivity contribution is 7.99. The zero-order valence-electron chi connectivity index (χ0n) is 12.4. The van der Waals surface area contributed by atoms with Crippen LogP contribution in [-0.4, -0.2) is 23.6 Å². The fraction of sp³-hybridized carbons (Fsp3) is 0.647. The average Bonchev–Trinajstić information content (AvgIpc) is 2.95. The minimum Gasteiger partial charge on any atom is -0.313 e. The lowest BCUT2D eigenvalue weighted by molar-refractivity contribution is 0.549. The van der Waals surface area contributed by atoms with Gasteiger partial charge in [-0.15, -0.1) is 0 Å². The van der Waals surface area contributed by atoms with Crippen molar-refractivity contribution in [3.05, 3.63) is 34.9 Å². The molecule has 1 nitrogen and oxygen atoms in total. The predicted octanol–water partition coefficient (Wildman–Crippen LogP) is 4.93. The lowest BCUT2D eigenvalue weighted by Crippen LogP contribution is -2.34. The second kappa shape index (κ2) is 8.96. The molecule has 112 valence electrons. The van der Waals surface area contributed by atoms with E-state index in [2.05, 4.69) is 42.2 Å². The SMILES string of the molecule is CCCNC(CSC1CCCC1)Cc1cccc(Cl)c1. The molecule has 3 heteroatoms. The number of halogens is 1. The van der Waals surface area contributed by atoms with Crippen LogP contribution in [0, 0.1) is 0 Å². The minimum absolute atomic E-state index is 0.569. The lowest BCUT2D eigenvalue weighted by Gasteiger charge is -2.20. The monoisotopic (exact) mass is 311 g/mol. The van der Waals surface area contributed by atoms with Crippen molar-refractivity contribution in [2.45, 2.75) is 56.7 Å². The number of benzene rings is 1. The van der Waals surface area contributed by atoms with Gasteiger partial charge < -0.3 is 5.32 Å². The molecule has 1 aliphatic rings. The third-order valence-corrected chi connectivity index (χ3v) is 5.66. The summed E-state index contributed by atoms with van der Waals surface area (Å²) in [5.74, 6) is 1.22. The molecule has 0 aliphatic heterocycles. The zero-order chi connectivity index (χ0) is 14.2. The van der Waals surface area contributed by atoms with Crippen LogP contribution >= 0.6 is 23.4 Å². The maximum atomic E-state index is 6.09. The van der Waals surface area contributed by atoms with Gasteiger partial charge in [0.2, 0.25) is 0 Å². The Bertz CT molecular complexity index is 390. The maximum absolute atomic E-state index is 6.09. The van der Waals surface area contributed by atoms with Crippen molar-refractivity contribution in [1.82, 2.24) is 5.32 Å². The quantitative estimate of drug-likeness (QED) is 0.731. The molecule has 1 aromatic rings. The molecule has 1 aliphatic carbocycles. The van der Waals surface area contributed by atoms with Gasteiger partial charge in [-0.1, -0.05) is 43.5 Å². The Hall–Kier alpha value is -0.180. The predicted molar refractivity (Wildman–Crippen MR) is 92.0 cm³/mol. The Balaban J connectivity index is 1.85. The topological polar surface area (TPSA) is 12.0 Å². The molecule has 0 saturated heterocycles. The molecule has 0 amide bonds. The highest BCUT2D eigenvalue weighted by Crippen LogP contribution is 2.30. The van der Waals surface area contributed by atoms with E-state index in [1.807, 2.05) is 6.07 Å². The van der Waals surface area contributed by atoms with Crippen molar-refractivity contribution in [2.75, 3.05) is 12.3 Å². The molecule has 0 aromatic heterocycles. The van der Waals surface area contributed by atoms with Crippen molar-refractivity contribution in [2.24, 2.45) is 0 Å². The normalized spacial score (nSPS) is 17.5. The molecule has 1 atom stereocenters. The summed E-state index contributed by atoms with van der Waals surface area (Å²) in [7, 11) is 0. The van der Waals surface area contributed by atoms with E-state index >= 15 is 0 Å². The Morgan fingerprint density at radius 2 is 2.15 bits per heavy atom. The first-order valence-corrected chi connectivity index (χ1v) is 9.30. The first-order chi connectivity index (χ1) is 9.78. The summed E-state index contributed by atoms with van der Waals surface area (Å²) >= 11 is 8.26. The van der Waals surface area contributed by atoms with E-state index in [9.17, 15) is 0 Å². The van der Waals surface area contributed by atoms with Gasteiger partial charge in [0.05, 0.1) is 0 Å². The second-order valence-electron chi connectivity index (χ2n) is 5.72. The van der Waals surface area contributed by atoms with Gasteiger partial charge in [0, 0.05) is 22.1 Å². The van der Waals surface area contributed by atoms with Crippen LogP contribution in [0.4, 0.5) is 0 Å². The van der Waals surface area contributed by atoms with Crippen LogP contribution in [0.1, 0.15) is 44.6 Å². The van der Waals surface area contributed by atoms with Crippen LogP contribution in [0.5, 0.6) is 0 Å². The van der Waals surface area contributed by atoms with Gasteiger partial charge in [0.15, 0.2) is 0 Å². The van der Waals surface area contributed by atoms with E-state index in [1.165, 1.54) is 43.4 Å². The third kappa shape index (κ3) is 5.67. The van der Waals surface area contributed by atoms with Gasteiger partial charge >= 0.3 is 0 Å². The van der Waals surface area contributed by atoms with Crippen LogP contribution < -0.4 is 5.32 Å². The summed E-state index contributed by atoms with van der Waals surface area (Å²) in [6.45, 7) is 3.34. The number of nitrogens with one attached hydrogen (secondary N) is 1. The fourth-order valence-electron chi connectivity index (χ4n) is 2.79. The molecule has 1 fully saturated rings. The van der Waals surface area contributed by atoms with E-state index in [0.717, 1.165) is 23.2 Å². The van der Waals surface area contributed by atoms with Crippen molar-refractivity contribution in [3.8, 4) is 0 Å². The molecule has 1 N–H and O–H groups in total. The van der Waals surface area contributed by atoms with Gasteiger partial charge in [-0.25, -0.2) is 0 Å². The fourth-order valence-corrected chi connectivity index (χ4v) is 4.41. The number of hydrogen-bond donors (Lipinski definition) is 1. The van der Waals surface area contributed by atoms with Gasteiger partial charge in [0.1, 0.15) is 0 Å². The van der Waals surface area contributed by atoms with E-state index < -0.39 is 0 Å². The van der Waals surface area contributed by atoms with Crippen LogP contribution in [0.3, 0.4) is 0 Å². The average molecular weight is 312 g/mol. The highest BCUT2D eigenvalue weighted by Gasteiger charge is 2.18. The second-order valence-corrected chi connectivity index (χ2v) is 7.49. The van der Waals surface area contributed by atoms with E-state index in [0.29, 0.717) is 6.04 Å². The highest BCUT2D eigenvalue weighted by atomic mass is 35.5. The van der Waals surface area contributed by atoms with Crippen LogP contribution in [0.15, 0.2) is 24.3 Å². The first kappa shape index (κ1) is 16.2. The van der Waals surface area contributed by atoms with Gasteiger partial charge in [-0.2, -0.15) is 11.8 Å². The molecule has 1 unspecified atom stereocenters. The van der Waals surface area contributed by atoms with Crippen LogP contribution in [0.2, 0.25) is 5.02 Å². The van der Waals surface area contributed by atoms with E-state index in [-0.39, 0.29) is 0 Å². The summed E-state index contributed by atoms with van der Waals surface area (Å²) < 4.78 is 0. The van der Waals surface area contributed by atoms with Crippen molar-refractivity contribution in [1.29, 1.82) is 0 Å². The summed E-state index contributed by atoms with van der Waals surface area (Å²) in [5.41, 5.74) is 1.35. The summed E-state index contributed by atoms with van der Waals surface area (Å²) in [4.78, 5) is 0. The molecule has 1 aromatic carbocycles. The third-order valence-electron chi connectivity index (χ3n) is 3.89. The van der Waals surface area contributed by atoms with Crippen LogP contribution in [0.25, 0.3) is 0 Å². The van der Waals surface area contributed by atoms with Crippen molar-refractivity contribution >= 4 is 23.4 Å². The van der Waals surface area contributed by atoms with Crippen molar-refractivity contribution < 1.29 is 0 Å². The molecule has 0 radical (unpaired) electrons. The lowest BCUT2D eigenvalue weighted by atomic mass is 10.1. The van der Waals surface area contributed by atoms with Gasteiger partial charge in [-0.05, 0) is 49.9 Å². The Kier molecular flexibility index (Phi) is 7.26. The Morgan fingerprint density at radius 3 is 2.85 bits per heavy atom. The standard InChI is InChI=1S/C17H26ClNS/c1-2-10-19-16(13-20-17-8-3-4-9-17)12-14-6-5-7-15(18)11-14/h5-7,11,16-17,19H,2-4,8-10,12-13H2,1H3. The number of thioether (sulfide) groups is 1. The zero-order valence-corrected chi connectivity index (χ0v) is 14.0. The molecule has 2 rings (SSSR count). The summed E-state index contributed by atoms with van der Waals surface area (Å²) in [6.07, 6.45) is 7.98. The molecule has 1 saturated carbocycles. The molecule has 0 bridgehead atoms. The molecule has 0 spiro atoms. The van der Waals surface area contributed by atoms with E-state index in [1.54, 1.807) is 0 Å². The maximum Gasteiger partial charge on any atom is 0.0408 e. The first-order valence-electron chi connectivity index (χ1n) is 7.87. The Morgan fingerprint density at radius 1 is 1.35 bits per heavy atom. The van der Waals surface area contributed by atoms with Crippen molar-refractivity contribution in [3.63, 3.8) is 0 Å². The van der Waals surface area contributed by atoms with E-state index in [4.69, 9.17) is 11.6 Å². The largest absolute Gasteiger partial charge is 0.313 e. The van der Waals surface area contributed by atoms with Gasteiger partial charge in [-0.3, -0.25) is 0 Å². The summed E-state index contributed by atoms with van der Waals surface area (Å²) in [5, 5.41) is 5.45. The Labute approximate surface area is 132 Å². The molecular weight excluding hydrogens is 286 g/mol. The van der Waals surface area contributed by atoms with Crippen LogP contribution in [-0.2, 0) is 6.42 Å². The molecule has 20 heavy (non-hydrogen) atoms. The number of rotatable bonds is 8. The minimum atomic E-state index is 0.569. The smallest absolute Gasteiger partial charge is 0.0408 e. The number of hydrogen-bond acceptors (Lipinski definition) is 2. The molecule has 0 heterocycles.